The lowest BCUT2D eigenvalue weighted by molar-refractivity contribution is 0.0951. The minimum Gasteiger partial charge on any atom is -0.293 e. The molecule has 0 radical (unpaired) electrons. The first-order valence-electron chi connectivity index (χ1n) is 8.20. The van der Waals surface area contributed by atoms with E-state index in [0.717, 1.165) is 17.4 Å². The largest absolute Gasteiger partial charge is 0.328 e. The molecule has 10 heteroatoms. The Morgan fingerprint density at radius 3 is 2.54 bits per heavy atom. The number of hydrogen-bond donors (Lipinski definition) is 2. The zero-order chi connectivity index (χ0) is 18.9. The van der Waals surface area contributed by atoms with Crippen molar-refractivity contribution < 1.29 is 17.2 Å². The fourth-order valence-corrected chi connectivity index (χ4v) is 4.47. The number of benzene rings is 1. The highest BCUT2D eigenvalue weighted by Gasteiger charge is 2.56. The summed E-state index contributed by atoms with van der Waals surface area (Å²) in [5, 5.41) is -0.0302. The monoisotopic (exact) mass is 385 g/mol. The van der Waals surface area contributed by atoms with Gasteiger partial charge in [-0.05, 0) is 38.0 Å². The third kappa shape index (κ3) is 2.96. The lowest BCUT2D eigenvalue weighted by Gasteiger charge is -2.14. The molecule has 1 atom stereocenters. The average molecular weight is 385 g/mol. The van der Waals surface area contributed by atoms with Crippen LogP contribution in [0.3, 0.4) is 0 Å². The minimum absolute atomic E-state index is 0.0302. The predicted molar refractivity (Wildman–Crippen MR) is 89.8 cm³/mol. The first kappa shape index (κ1) is 17.3. The van der Waals surface area contributed by atoms with Crippen LogP contribution in [0.4, 0.5) is 8.78 Å². The summed E-state index contributed by atoms with van der Waals surface area (Å²) in [5.74, 6) is -3.77. The Labute approximate surface area is 147 Å². The number of alkyl halides is 2. The molecule has 0 amide bonds. The number of H-pyrrole nitrogens is 1. The van der Waals surface area contributed by atoms with E-state index in [1.807, 2.05) is 0 Å². The molecule has 2 aliphatic rings. The maximum Gasteiger partial charge on any atom is 0.328 e. The van der Waals surface area contributed by atoms with Crippen LogP contribution in [0.2, 0.25) is 0 Å². The minimum atomic E-state index is -3.83. The molecule has 0 aliphatic heterocycles. The molecule has 2 aromatic rings. The van der Waals surface area contributed by atoms with Crippen LogP contribution < -0.4 is 16.0 Å². The lowest BCUT2D eigenvalue weighted by atomic mass is 10.2. The highest BCUT2D eigenvalue weighted by Crippen LogP contribution is 2.49. The van der Waals surface area contributed by atoms with E-state index in [1.54, 1.807) is 6.92 Å². The van der Waals surface area contributed by atoms with Gasteiger partial charge in [0.05, 0.1) is 15.8 Å². The molecular formula is C16H17F2N3O4S. The zero-order valence-electron chi connectivity index (χ0n) is 13.9. The summed E-state index contributed by atoms with van der Waals surface area (Å²) >= 11 is 0. The molecule has 1 aromatic heterocycles. The van der Waals surface area contributed by atoms with Gasteiger partial charge in [-0.25, -0.2) is 26.7 Å². The van der Waals surface area contributed by atoms with Crippen molar-refractivity contribution in [2.75, 3.05) is 0 Å². The van der Waals surface area contributed by atoms with Crippen molar-refractivity contribution >= 4 is 20.9 Å². The van der Waals surface area contributed by atoms with Crippen molar-refractivity contribution in [3.8, 4) is 0 Å². The number of nitrogens with one attached hydrogen (secondary N) is 2. The second-order valence-corrected chi connectivity index (χ2v) is 9.06. The first-order valence-corrected chi connectivity index (χ1v) is 9.68. The fraction of sp³-hybridized carbons (Fsp3) is 0.500. The molecule has 2 aliphatic carbocycles. The van der Waals surface area contributed by atoms with Gasteiger partial charge < -0.3 is 0 Å². The van der Waals surface area contributed by atoms with Gasteiger partial charge >= 0.3 is 5.69 Å². The lowest BCUT2D eigenvalue weighted by Crippen LogP contribution is -2.34. The third-order valence-electron chi connectivity index (χ3n) is 5.02. The van der Waals surface area contributed by atoms with E-state index in [-0.39, 0.29) is 28.8 Å². The molecule has 2 saturated carbocycles. The summed E-state index contributed by atoms with van der Waals surface area (Å²) in [6, 6.07) is 3.76. The number of nitrogens with zero attached hydrogens (tertiary/aromatic N) is 1. The van der Waals surface area contributed by atoms with Gasteiger partial charge in [0.2, 0.25) is 10.0 Å². The Morgan fingerprint density at radius 1 is 1.31 bits per heavy atom. The van der Waals surface area contributed by atoms with E-state index in [2.05, 4.69) is 9.71 Å². The number of sulfonamides is 1. The second kappa shape index (κ2) is 5.23. The molecule has 4 rings (SSSR count). The summed E-state index contributed by atoms with van der Waals surface area (Å²) in [6.07, 6.45) is 1.15. The molecule has 1 unspecified atom stereocenters. The van der Waals surface area contributed by atoms with E-state index < -0.39 is 38.7 Å². The first-order chi connectivity index (χ1) is 12.0. The number of hydrogen-bond acceptors (Lipinski definition) is 4. The molecule has 26 heavy (non-hydrogen) atoms. The Morgan fingerprint density at radius 2 is 1.96 bits per heavy atom. The third-order valence-corrected chi connectivity index (χ3v) is 6.65. The van der Waals surface area contributed by atoms with Crippen LogP contribution in [-0.2, 0) is 16.6 Å². The van der Waals surface area contributed by atoms with Crippen LogP contribution in [0, 0.1) is 5.92 Å². The molecule has 0 spiro atoms. The van der Waals surface area contributed by atoms with Gasteiger partial charge in [-0.1, -0.05) is 0 Å². The van der Waals surface area contributed by atoms with Crippen LogP contribution >= 0.6 is 0 Å². The number of rotatable bonds is 5. The van der Waals surface area contributed by atoms with E-state index in [1.165, 1.54) is 18.2 Å². The summed E-state index contributed by atoms with van der Waals surface area (Å²) < 4.78 is 55.0. The molecule has 7 nitrogen and oxygen atoms in total. The van der Waals surface area contributed by atoms with Gasteiger partial charge in [0.25, 0.3) is 11.5 Å². The molecule has 2 fully saturated rings. The summed E-state index contributed by atoms with van der Waals surface area (Å²) in [6.45, 7) is 1.55. The number of fused-ring (bicyclic) bond motifs is 1. The van der Waals surface area contributed by atoms with E-state index in [0.29, 0.717) is 0 Å². The average Bonchev–Trinajstić information content (AvgIpc) is 3.40. The Bertz CT molecular complexity index is 1130. The number of halogens is 2. The van der Waals surface area contributed by atoms with Crippen molar-refractivity contribution in [3.63, 3.8) is 0 Å². The number of aromatic amines is 1. The van der Waals surface area contributed by atoms with Crippen LogP contribution in [0.25, 0.3) is 10.9 Å². The van der Waals surface area contributed by atoms with Gasteiger partial charge in [0, 0.05) is 24.4 Å². The smallest absolute Gasteiger partial charge is 0.293 e. The fourth-order valence-electron chi connectivity index (χ4n) is 2.98. The molecular weight excluding hydrogens is 368 g/mol. The quantitative estimate of drug-likeness (QED) is 0.807. The van der Waals surface area contributed by atoms with Gasteiger partial charge in [-0.15, -0.1) is 0 Å². The van der Waals surface area contributed by atoms with Crippen molar-refractivity contribution in [2.24, 2.45) is 5.92 Å². The molecule has 0 bridgehead atoms. The van der Waals surface area contributed by atoms with Crippen LogP contribution in [0.1, 0.15) is 26.2 Å². The summed E-state index contributed by atoms with van der Waals surface area (Å²) in [4.78, 5) is 26.1. The van der Waals surface area contributed by atoms with Gasteiger partial charge in [-0.2, -0.15) is 0 Å². The zero-order valence-corrected chi connectivity index (χ0v) is 14.7. The SMILES string of the molecule is CC1(NS(=O)(=O)c2ccc3c(c2)c(=O)[nH]c(=O)n3CC2CC2(F)F)CC1. The Balaban J connectivity index is 1.79. The van der Waals surface area contributed by atoms with Crippen LogP contribution in [0.15, 0.2) is 32.7 Å². The molecule has 140 valence electrons. The normalized spacial score (nSPS) is 23.1. The van der Waals surface area contributed by atoms with Crippen molar-refractivity contribution in [2.45, 2.75) is 49.1 Å². The van der Waals surface area contributed by atoms with E-state index in [4.69, 9.17) is 0 Å². The topological polar surface area (TPSA) is 101 Å². The maximum absolute atomic E-state index is 13.2. The molecule has 0 saturated heterocycles. The van der Waals surface area contributed by atoms with Crippen LogP contribution in [-0.4, -0.2) is 29.4 Å². The molecule has 1 heterocycles. The molecule has 2 N–H and O–H groups in total. The Hall–Kier alpha value is -2.07. The van der Waals surface area contributed by atoms with Crippen molar-refractivity contribution in [1.29, 1.82) is 0 Å². The van der Waals surface area contributed by atoms with Gasteiger partial charge in [-0.3, -0.25) is 14.3 Å². The van der Waals surface area contributed by atoms with Crippen molar-refractivity contribution in [3.05, 3.63) is 39.0 Å². The molecule has 1 aromatic carbocycles. The summed E-state index contributed by atoms with van der Waals surface area (Å²) in [7, 11) is -3.83. The standard InChI is InChI=1S/C16H17F2N3O4S/c1-15(4-5-15)20-26(24,25)10-2-3-12-11(6-10)13(22)19-14(23)21(12)8-9-7-16(9,17)18/h2-3,6,9,20H,4-5,7-8H2,1H3,(H,19,22,23). The van der Waals surface area contributed by atoms with E-state index >= 15 is 0 Å². The van der Waals surface area contributed by atoms with Gasteiger partial charge in [0.1, 0.15) is 0 Å². The number of aromatic nitrogens is 2. The second-order valence-electron chi connectivity index (χ2n) is 7.38. The van der Waals surface area contributed by atoms with Crippen LogP contribution in [0.5, 0.6) is 0 Å². The summed E-state index contributed by atoms with van der Waals surface area (Å²) in [5.41, 5.74) is -1.88. The Kier molecular flexibility index (Phi) is 3.49. The predicted octanol–water partition coefficient (Wildman–Crippen LogP) is 1.18. The van der Waals surface area contributed by atoms with Gasteiger partial charge in [0.15, 0.2) is 0 Å². The maximum atomic E-state index is 13.2. The van der Waals surface area contributed by atoms with E-state index in [9.17, 15) is 26.8 Å². The highest BCUT2D eigenvalue weighted by atomic mass is 32.2. The highest BCUT2D eigenvalue weighted by molar-refractivity contribution is 7.89. The van der Waals surface area contributed by atoms with Crippen molar-refractivity contribution in [1.82, 2.24) is 14.3 Å².